The van der Waals surface area contributed by atoms with Crippen LogP contribution in [0.1, 0.15) is 28.9 Å². The molecule has 1 aromatic heterocycles. The maximum Gasteiger partial charge on any atom is 0.255 e. The highest BCUT2D eigenvalue weighted by Crippen LogP contribution is 2.36. The number of primary amides is 1. The summed E-state index contributed by atoms with van der Waals surface area (Å²) in [5.41, 5.74) is 7.14. The van der Waals surface area contributed by atoms with Gasteiger partial charge >= 0.3 is 0 Å². The third kappa shape index (κ3) is 4.87. The molecule has 0 aliphatic heterocycles. The second kappa shape index (κ2) is 9.27. The third-order valence-electron chi connectivity index (χ3n) is 4.27. The largest absolute Gasteiger partial charge is 0.493 e. The number of aromatic nitrogens is 3. The SMILES string of the molecule is COc1cc(C(=O)NC(C)c2ccc(-n3cncn3)cc2)cc(Cl)c1OCC(N)=O. The minimum absolute atomic E-state index is 0.130. The molecule has 0 aliphatic rings. The quantitative estimate of drug-likeness (QED) is 0.566. The molecule has 0 radical (unpaired) electrons. The van der Waals surface area contributed by atoms with Crippen molar-refractivity contribution in [2.45, 2.75) is 13.0 Å². The van der Waals surface area contributed by atoms with Gasteiger partial charge in [-0.25, -0.2) is 9.67 Å². The van der Waals surface area contributed by atoms with Gasteiger partial charge in [0.25, 0.3) is 11.8 Å². The van der Waals surface area contributed by atoms with Crippen LogP contribution in [0.3, 0.4) is 0 Å². The molecule has 2 aromatic carbocycles. The molecule has 30 heavy (non-hydrogen) atoms. The van der Waals surface area contributed by atoms with E-state index in [2.05, 4.69) is 15.4 Å². The van der Waals surface area contributed by atoms with Gasteiger partial charge in [-0.3, -0.25) is 9.59 Å². The van der Waals surface area contributed by atoms with Crippen LogP contribution in [0.25, 0.3) is 5.69 Å². The first-order valence-corrected chi connectivity index (χ1v) is 9.31. The summed E-state index contributed by atoms with van der Waals surface area (Å²) in [6, 6.07) is 10.2. The highest BCUT2D eigenvalue weighted by atomic mass is 35.5. The van der Waals surface area contributed by atoms with Gasteiger partial charge in [0.15, 0.2) is 18.1 Å². The average molecular weight is 430 g/mol. The molecule has 0 fully saturated rings. The minimum atomic E-state index is -0.654. The maximum atomic E-state index is 12.7. The van der Waals surface area contributed by atoms with Crippen LogP contribution in [0.2, 0.25) is 5.02 Å². The molecule has 0 spiro atoms. The van der Waals surface area contributed by atoms with Gasteiger partial charge in [-0.1, -0.05) is 23.7 Å². The second-order valence-corrected chi connectivity index (χ2v) is 6.78. The highest BCUT2D eigenvalue weighted by molar-refractivity contribution is 6.32. The lowest BCUT2D eigenvalue weighted by atomic mass is 10.1. The number of nitrogens with one attached hydrogen (secondary N) is 1. The lowest BCUT2D eigenvalue weighted by molar-refractivity contribution is -0.119. The van der Waals surface area contributed by atoms with Crippen molar-refractivity contribution < 1.29 is 19.1 Å². The monoisotopic (exact) mass is 429 g/mol. The van der Waals surface area contributed by atoms with Crippen molar-refractivity contribution in [2.75, 3.05) is 13.7 Å². The first kappa shape index (κ1) is 21.1. The Labute approximate surface area is 177 Å². The van der Waals surface area contributed by atoms with Gasteiger partial charge in [0, 0.05) is 5.56 Å². The minimum Gasteiger partial charge on any atom is -0.493 e. The van der Waals surface area contributed by atoms with Crippen LogP contribution in [-0.4, -0.2) is 40.3 Å². The Balaban J connectivity index is 1.73. The molecule has 3 N–H and O–H groups in total. The van der Waals surface area contributed by atoms with Crippen molar-refractivity contribution in [3.63, 3.8) is 0 Å². The number of hydrogen-bond donors (Lipinski definition) is 2. The van der Waals surface area contributed by atoms with E-state index in [1.165, 1.54) is 25.6 Å². The zero-order valence-corrected chi connectivity index (χ0v) is 17.1. The van der Waals surface area contributed by atoms with Gasteiger partial charge in [0.1, 0.15) is 12.7 Å². The molecule has 156 valence electrons. The van der Waals surface area contributed by atoms with E-state index in [9.17, 15) is 9.59 Å². The van der Waals surface area contributed by atoms with E-state index in [0.29, 0.717) is 0 Å². The summed E-state index contributed by atoms with van der Waals surface area (Å²) in [5, 5.41) is 7.12. The Kier molecular flexibility index (Phi) is 6.53. The molecule has 1 heterocycles. The Morgan fingerprint density at radius 3 is 2.60 bits per heavy atom. The number of rotatable bonds is 8. The highest BCUT2D eigenvalue weighted by Gasteiger charge is 2.18. The molecular weight excluding hydrogens is 410 g/mol. The number of benzene rings is 2. The molecular formula is C20H20ClN5O4. The predicted molar refractivity (Wildman–Crippen MR) is 110 cm³/mol. The summed E-state index contributed by atoms with van der Waals surface area (Å²) in [5.74, 6) is -0.631. The second-order valence-electron chi connectivity index (χ2n) is 6.37. The van der Waals surface area contributed by atoms with Crippen molar-refractivity contribution in [1.82, 2.24) is 20.1 Å². The molecule has 1 unspecified atom stereocenters. The molecule has 0 saturated carbocycles. The van der Waals surface area contributed by atoms with Crippen molar-refractivity contribution >= 4 is 23.4 Å². The number of hydrogen-bond acceptors (Lipinski definition) is 6. The summed E-state index contributed by atoms with van der Waals surface area (Å²) in [4.78, 5) is 27.6. The van der Waals surface area contributed by atoms with Gasteiger partial charge < -0.3 is 20.5 Å². The zero-order valence-electron chi connectivity index (χ0n) is 16.3. The van der Waals surface area contributed by atoms with Crippen LogP contribution in [0, 0.1) is 0 Å². The fraction of sp³-hybridized carbons (Fsp3) is 0.200. The summed E-state index contributed by atoms with van der Waals surface area (Å²) < 4.78 is 12.1. The number of methoxy groups -OCH3 is 1. The normalized spacial score (nSPS) is 11.6. The smallest absolute Gasteiger partial charge is 0.255 e. The molecule has 10 heteroatoms. The first-order chi connectivity index (χ1) is 14.4. The summed E-state index contributed by atoms with van der Waals surface area (Å²) in [6.45, 7) is 1.51. The van der Waals surface area contributed by atoms with Crippen LogP contribution < -0.4 is 20.5 Å². The van der Waals surface area contributed by atoms with E-state index >= 15 is 0 Å². The summed E-state index contributed by atoms with van der Waals surface area (Å²) >= 11 is 6.21. The van der Waals surface area contributed by atoms with E-state index in [1.54, 1.807) is 11.0 Å². The summed E-state index contributed by atoms with van der Waals surface area (Å²) in [6.07, 6.45) is 3.06. The predicted octanol–water partition coefficient (Wildman–Crippen LogP) is 2.28. The Hall–Kier alpha value is -3.59. The van der Waals surface area contributed by atoms with E-state index in [1.807, 2.05) is 31.2 Å². The lowest BCUT2D eigenvalue weighted by Gasteiger charge is -2.17. The number of halogens is 1. The van der Waals surface area contributed by atoms with E-state index in [-0.39, 0.29) is 40.6 Å². The Morgan fingerprint density at radius 1 is 1.27 bits per heavy atom. The van der Waals surface area contributed by atoms with E-state index in [0.717, 1.165) is 11.3 Å². The van der Waals surface area contributed by atoms with Crippen molar-refractivity contribution in [1.29, 1.82) is 0 Å². The van der Waals surface area contributed by atoms with Crippen LogP contribution >= 0.6 is 11.6 Å². The van der Waals surface area contributed by atoms with Crippen molar-refractivity contribution in [3.05, 3.63) is 65.2 Å². The van der Waals surface area contributed by atoms with Crippen LogP contribution in [0.4, 0.5) is 0 Å². The van der Waals surface area contributed by atoms with Gasteiger partial charge in [0.05, 0.1) is 23.9 Å². The fourth-order valence-electron chi connectivity index (χ4n) is 2.75. The number of nitrogens with zero attached hydrogens (tertiary/aromatic N) is 3. The van der Waals surface area contributed by atoms with Crippen LogP contribution in [0.5, 0.6) is 11.5 Å². The molecule has 2 amide bonds. The number of carbonyl (C=O) groups is 2. The summed E-state index contributed by atoms with van der Waals surface area (Å²) in [7, 11) is 1.41. The number of nitrogens with two attached hydrogens (primary N) is 1. The standard InChI is InChI=1S/C20H20ClN5O4/c1-12(13-3-5-15(6-4-13)26-11-23-10-24-26)25-20(28)14-7-16(21)19(17(8-14)29-2)30-9-18(22)27/h3-8,10-12H,9H2,1-2H3,(H2,22,27)(H,25,28). The molecule has 0 aliphatic carbocycles. The molecule has 3 rings (SSSR count). The topological polar surface area (TPSA) is 121 Å². The van der Waals surface area contributed by atoms with Gasteiger partial charge in [-0.15, -0.1) is 0 Å². The molecule has 9 nitrogen and oxygen atoms in total. The fourth-order valence-corrected chi connectivity index (χ4v) is 3.02. The Morgan fingerprint density at radius 2 is 2.00 bits per heavy atom. The number of carbonyl (C=O) groups excluding carboxylic acids is 2. The molecule has 1 atom stereocenters. The van der Waals surface area contributed by atoms with E-state index in [4.69, 9.17) is 26.8 Å². The lowest BCUT2D eigenvalue weighted by Crippen LogP contribution is -2.26. The van der Waals surface area contributed by atoms with Crippen LogP contribution in [-0.2, 0) is 4.79 Å². The molecule has 0 bridgehead atoms. The van der Waals surface area contributed by atoms with E-state index < -0.39 is 5.91 Å². The maximum absolute atomic E-state index is 12.7. The Bertz CT molecular complexity index is 1040. The van der Waals surface area contributed by atoms with Gasteiger partial charge in [-0.2, -0.15) is 5.10 Å². The number of ether oxygens (including phenoxy) is 2. The molecule has 0 saturated heterocycles. The van der Waals surface area contributed by atoms with Crippen LogP contribution in [0.15, 0.2) is 49.1 Å². The van der Waals surface area contributed by atoms with Crippen molar-refractivity contribution in [3.8, 4) is 17.2 Å². The van der Waals surface area contributed by atoms with Gasteiger partial charge in [0.2, 0.25) is 0 Å². The van der Waals surface area contributed by atoms with Gasteiger partial charge in [-0.05, 0) is 36.8 Å². The molecule has 3 aromatic rings. The third-order valence-corrected chi connectivity index (χ3v) is 4.56. The number of amides is 2. The first-order valence-electron chi connectivity index (χ1n) is 8.93. The average Bonchev–Trinajstić information content (AvgIpc) is 3.27. The van der Waals surface area contributed by atoms with Crippen molar-refractivity contribution in [2.24, 2.45) is 5.73 Å². The zero-order chi connectivity index (χ0) is 21.7.